The van der Waals surface area contributed by atoms with Gasteiger partial charge < -0.3 is 15.2 Å². The van der Waals surface area contributed by atoms with Crippen LogP contribution in [0.15, 0.2) is 39.9 Å². The van der Waals surface area contributed by atoms with Crippen LogP contribution in [0.3, 0.4) is 0 Å². The van der Waals surface area contributed by atoms with Gasteiger partial charge in [-0.3, -0.25) is 9.59 Å². The van der Waals surface area contributed by atoms with E-state index in [2.05, 4.69) is 31.8 Å². The Morgan fingerprint density at radius 1 is 1.22 bits per heavy atom. The van der Waals surface area contributed by atoms with Crippen LogP contribution < -0.4 is 15.5 Å². The van der Waals surface area contributed by atoms with Gasteiger partial charge in [-0.15, -0.1) is 0 Å². The van der Waals surface area contributed by atoms with Crippen molar-refractivity contribution in [2.24, 2.45) is 5.10 Å². The summed E-state index contributed by atoms with van der Waals surface area (Å²) in [5, 5.41) is 16.2. The normalized spacial score (nSPS) is 10.7. The van der Waals surface area contributed by atoms with Crippen molar-refractivity contribution in [1.29, 1.82) is 0 Å². The van der Waals surface area contributed by atoms with Gasteiger partial charge in [-0.25, -0.2) is 5.43 Å². The summed E-state index contributed by atoms with van der Waals surface area (Å²) in [4.78, 5) is 23.9. The molecule has 0 atom stereocenters. The van der Waals surface area contributed by atoms with Crippen molar-refractivity contribution in [2.45, 2.75) is 20.8 Å². The van der Waals surface area contributed by atoms with Gasteiger partial charge in [-0.1, -0.05) is 17.7 Å². The molecule has 7 nitrogen and oxygen atoms in total. The van der Waals surface area contributed by atoms with Gasteiger partial charge in [0.05, 0.1) is 17.3 Å². The fourth-order valence-corrected chi connectivity index (χ4v) is 2.74. The number of carbonyl (C=O) groups excluding carboxylic acids is 2. The van der Waals surface area contributed by atoms with E-state index >= 15 is 0 Å². The fourth-order valence-electron chi connectivity index (χ4n) is 2.28. The Hall–Kier alpha value is -2.87. The number of hydrogen-bond acceptors (Lipinski definition) is 5. The number of aryl methyl sites for hydroxylation is 2. The molecule has 0 saturated carbocycles. The molecule has 0 heterocycles. The van der Waals surface area contributed by atoms with E-state index in [4.69, 9.17) is 4.74 Å². The first kappa shape index (κ1) is 20.4. The number of halogens is 1. The average molecular weight is 434 g/mol. The molecule has 27 heavy (non-hydrogen) atoms. The zero-order chi connectivity index (χ0) is 20.0. The molecule has 0 aliphatic rings. The highest BCUT2D eigenvalue weighted by molar-refractivity contribution is 9.10. The van der Waals surface area contributed by atoms with Crippen LogP contribution in [0.4, 0.5) is 5.69 Å². The number of nitrogens with one attached hydrogen (secondary N) is 2. The SMILES string of the molecule is CCOc1cc(C=NNC(=O)C(=O)Nc2ccc(C)cc2C)cc(Br)c1O. The number of carbonyl (C=O) groups is 2. The van der Waals surface area contributed by atoms with Crippen molar-refractivity contribution in [3.63, 3.8) is 0 Å². The second kappa shape index (κ2) is 9.18. The molecule has 0 spiro atoms. The van der Waals surface area contributed by atoms with Gasteiger partial charge in [-0.2, -0.15) is 5.10 Å². The maximum absolute atomic E-state index is 12.0. The van der Waals surface area contributed by atoms with Crippen LogP contribution in [0.2, 0.25) is 0 Å². The maximum atomic E-state index is 12.0. The molecule has 0 radical (unpaired) electrons. The van der Waals surface area contributed by atoms with Crippen molar-refractivity contribution in [1.82, 2.24) is 5.43 Å². The number of phenols is 1. The van der Waals surface area contributed by atoms with E-state index in [-0.39, 0.29) is 11.5 Å². The van der Waals surface area contributed by atoms with Crippen molar-refractivity contribution in [2.75, 3.05) is 11.9 Å². The van der Waals surface area contributed by atoms with Crippen molar-refractivity contribution in [3.05, 3.63) is 51.5 Å². The highest BCUT2D eigenvalue weighted by Gasteiger charge is 2.14. The third-order valence-corrected chi connectivity index (χ3v) is 4.17. The van der Waals surface area contributed by atoms with Crippen LogP contribution in [0, 0.1) is 13.8 Å². The van der Waals surface area contributed by atoms with Gasteiger partial charge in [0.15, 0.2) is 11.5 Å². The van der Waals surface area contributed by atoms with E-state index in [0.717, 1.165) is 11.1 Å². The summed E-state index contributed by atoms with van der Waals surface area (Å²) in [7, 11) is 0. The van der Waals surface area contributed by atoms with Crippen LogP contribution >= 0.6 is 15.9 Å². The lowest BCUT2D eigenvalue weighted by atomic mass is 10.1. The largest absolute Gasteiger partial charge is 0.503 e. The molecule has 2 aromatic rings. The minimum absolute atomic E-state index is 0.0223. The molecular weight excluding hydrogens is 414 g/mol. The van der Waals surface area contributed by atoms with Crippen molar-refractivity contribution < 1.29 is 19.4 Å². The smallest absolute Gasteiger partial charge is 0.329 e. The molecule has 2 aromatic carbocycles. The molecule has 142 valence electrons. The summed E-state index contributed by atoms with van der Waals surface area (Å²) in [5.41, 5.74) is 5.22. The molecule has 2 rings (SSSR count). The maximum Gasteiger partial charge on any atom is 0.329 e. The van der Waals surface area contributed by atoms with E-state index < -0.39 is 11.8 Å². The van der Waals surface area contributed by atoms with Crippen LogP contribution in [-0.2, 0) is 9.59 Å². The monoisotopic (exact) mass is 433 g/mol. The van der Waals surface area contributed by atoms with Crippen LogP contribution in [0.5, 0.6) is 11.5 Å². The van der Waals surface area contributed by atoms with Crippen molar-refractivity contribution >= 4 is 39.6 Å². The Bertz CT molecular complexity index is 897. The predicted octanol–water partition coefficient (Wildman–Crippen LogP) is 3.26. The summed E-state index contributed by atoms with van der Waals surface area (Å²) in [6, 6.07) is 8.65. The van der Waals surface area contributed by atoms with Gasteiger partial charge in [0.25, 0.3) is 0 Å². The molecule has 0 unspecified atom stereocenters. The highest BCUT2D eigenvalue weighted by Crippen LogP contribution is 2.35. The van der Waals surface area contributed by atoms with E-state index in [1.54, 1.807) is 25.1 Å². The first-order valence-electron chi connectivity index (χ1n) is 8.18. The van der Waals surface area contributed by atoms with E-state index in [0.29, 0.717) is 22.3 Å². The Kier molecular flexibility index (Phi) is 6.95. The van der Waals surface area contributed by atoms with Gasteiger partial charge in [0, 0.05) is 5.69 Å². The van der Waals surface area contributed by atoms with E-state index in [9.17, 15) is 14.7 Å². The summed E-state index contributed by atoms with van der Waals surface area (Å²) >= 11 is 3.22. The zero-order valence-corrected chi connectivity index (χ0v) is 16.8. The number of benzene rings is 2. The minimum atomic E-state index is -0.894. The first-order valence-corrected chi connectivity index (χ1v) is 8.98. The second-order valence-corrected chi connectivity index (χ2v) is 6.61. The molecule has 8 heteroatoms. The quantitative estimate of drug-likeness (QED) is 0.382. The molecule has 0 saturated heterocycles. The number of phenolic OH excluding ortho intramolecular Hbond substituents is 1. The van der Waals surface area contributed by atoms with Crippen molar-refractivity contribution in [3.8, 4) is 11.5 Å². The number of amides is 2. The Morgan fingerprint density at radius 3 is 2.63 bits per heavy atom. The second-order valence-electron chi connectivity index (χ2n) is 5.75. The summed E-state index contributed by atoms with van der Waals surface area (Å²) in [6.45, 7) is 5.97. The Labute approximate surface area is 165 Å². The number of ether oxygens (including phenoxy) is 1. The van der Waals surface area contributed by atoms with Gasteiger partial charge in [0.1, 0.15) is 0 Å². The number of anilines is 1. The molecular formula is C19H20BrN3O4. The van der Waals surface area contributed by atoms with E-state index in [1.165, 1.54) is 6.21 Å². The minimum Gasteiger partial charge on any atom is -0.503 e. The molecule has 3 N–H and O–H groups in total. The highest BCUT2D eigenvalue weighted by atomic mass is 79.9. The number of rotatable bonds is 5. The average Bonchev–Trinajstić information content (AvgIpc) is 2.61. The number of hydrazone groups is 1. The van der Waals surface area contributed by atoms with Crippen LogP contribution in [0.1, 0.15) is 23.6 Å². The van der Waals surface area contributed by atoms with Gasteiger partial charge >= 0.3 is 11.8 Å². The Balaban J connectivity index is 2.01. The standard InChI is InChI=1S/C19H20BrN3O4/c1-4-27-16-9-13(8-14(20)17(16)24)10-21-23-19(26)18(25)22-15-6-5-11(2)7-12(15)3/h5-10,24H,4H2,1-3H3,(H,22,25)(H,23,26). The molecule has 0 aromatic heterocycles. The lowest BCUT2D eigenvalue weighted by molar-refractivity contribution is -0.136. The lowest BCUT2D eigenvalue weighted by Gasteiger charge is -2.09. The van der Waals surface area contributed by atoms with E-state index in [1.807, 2.05) is 26.0 Å². The number of hydrogen-bond donors (Lipinski definition) is 3. The van der Waals surface area contributed by atoms with Crippen LogP contribution in [-0.4, -0.2) is 29.7 Å². The lowest BCUT2D eigenvalue weighted by Crippen LogP contribution is -2.32. The Morgan fingerprint density at radius 2 is 1.96 bits per heavy atom. The number of nitrogens with zero attached hydrogens (tertiary/aromatic N) is 1. The first-order chi connectivity index (χ1) is 12.8. The molecule has 0 aliphatic carbocycles. The third kappa shape index (κ3) is 5.55. The third-order valence-electron chi connectivity index (χ3n) is 3.57. The predicted molar refractivity (Wildman–Crippen MR) is 107 cm³/mol. The van der Waals surface area contributed by atoms with Crippen LogP contribution in [0.25, 0.3) is 0 Å². The molecule has 0 fully saturated rings. The van der Waals surface area contributed by atoms with Gasteiger partial charge in [-0.05, 0) is 66.0 Å². The molecule has 0 aliphatic heterocycles. The van der Waals surface area contributed by atoms with Gasteiger partial charge in [0.2, 0.25) is 0 Å². The zero-order valence-electron chi connectivity index (χ0n) is 15.2. The molecule has 2 amide bonds. The number of aromatic hydroxyl groups is 1. The molecule has 0 bridgehead atoms. The summed E-state index contributed by atoms with van der Waals surface area (Å²) in [6.07, 6.45) is 1.34. The topological polar surface area (TPSA) is 100 Å². The fraction of sp³-hybridized carbons (Fsp3) is 0.211. The summed E-state index contributed by atoms with van der Waals surface area (Å²) < 4.78 is 5.74. The summed E-state index contributed by atoms with van der Waals surface area (Å²) in [5.74, 6) is -1.45.